The topological polar surface area (TPSA) is 63.2 Å². The summed E-state index contributed by atoms with van der Waals surface area (Å²) in [5.74, 6) is 3.49. The summed E-state index contributed by atoms with van der Waals surface area (Å²) in [6.45, 7) is 17.2. The minimum atomic E-state index is -0.346. The van der Waals surface area contributed by atoms with Crippen molar-refractivity contribution in [3.63, 3.8) is 0 Å². The first kappa shape index (κ1) is 43.4. The second kappa shape index (κ2) is 22.9. The van der Waals surface area contributed by atoms with Crippen molar-refractivity contribution in [3.8, 4) is 23.0 Å². The van der Waals surface area contributed by atoms with Crippen LogP contribution in [0, 0.1) is 0 Å². The molecule has 8 bridgehead atoms. The van der Waals surface area contributed by atoms with Gasteiger partial charge in [0.25, 0.3) is 0 Å². The smallest absolute Gasteiger partial charge is 0.333 e. The van der Waals surface area contributed by atoms with Crippen LogP contribution in [-0.2, 0) is 41.6 Å². The van der Waals surface area contributed by atoms with E-state index < -0.39 is 0 Å². The number of ether oxygens (including phenoxy) is 5. The third-order valence-electron chi connectivity index (χ3n) is 10.5. The molecule has 0 aliphatic heterocycles. The van der Waals surface area contributed by atoms with Gasteiger partial charge in [0.15, 0.2) is 0 Å². The van der Waals surface area contributed by atoms with Crippen LogP contribution < -0.4 is 18.9 Å². The van der Waals surface area contributed by atoms with Crippen molar-refractivity contribution in [2.24, 2.45) is 0 Å². The lowest BCUT2D eigenvalue weighted by Crippen LogP contribution is -2.11. The minimum absolute atomic E-state index is 0.338. The highest BCUT2D eigenvalue weighted by molar-refractivity contribution is 5.86. The van der Waals surface area contributed by atoms with Crippen LogP contribution in [0.25, 0.3) is 0 Å². The highest BCUT2D eigenvalue weighted by Gasteiger charge is 2.22. The Labute approximate surface area is 342 Å². The zero-order valence-electron chi connectivity index (χ0n) is 35.4. The molecule has 4 aromatic rings. The third kappa shape index (κ3) is 12.4. The summed E-state index contributed by atoms with van der Waals surface area (Å²) in [6, 6.07) is 24.4. The maximum Gasteiger partial charge on any atom is 0.333 e. The largest absolute Gasteiger partial charge is 0.493 e. The molecule has 6 nitrogen and oxygen atoms in total. The highest BCUT2D eigenvalue weighted by atomic mass is 16.5. The van der Waals surface area contributed by atoms with E-state index in [1.807, 2.05) is 0 Å². The minimum Gasteiger partial charge on any atom is -0.493 e. The van der Waals surface area contributed by atoms with E-state index in [-0.39, 0.29) is 5.97 Å². The zero-order chi connectivity index (χ0) is 40.4. The first-order valence-electron chi connectivity index (χ1n) is 21.7. The van der Waals surface area contributed by atoms with Gasteiger partial charge in [-0.2, -0.15) is 0 Å². The third-order valence-corrected chi connectivity index (χ3v) is 10.5. The number of unbranched alkanes of at least 4 members (excludes halogenated alkanes) is 4. The van der Waals surface area contributed by atoms with E-state index in [0.717, 1.165) is 125 Å². The normalized spacial score (nSPS) is 12.2. The molecule has 0 radical (unpaired) electrons. The van der Waals surface area contributed by atoms with Crippen LogP contribution in [-0.4, -0.2) is 39.0 Å². The van der Waals surface area contributed by atoms with Gasteiger partial charge < -0.3 is 23.7 Å². The molecule has 57 heavy (non-hydrogen) atoms. The van der Waals surface area contributed by atoms with Crippen molar-refractivity contribution in [2.45, 2.75) is 125 Å². The van der Waals surface area contributed by atoms with Gasteiger partial charge in [-0.15, -0.1) is 0 Å². The average molecular weight is 775 g/mol. The van der Waals surface area contributed by atoms with Gasteiger partial charge in [0, 0.05) is 31.3 Å². The number of benzene rings is 4. The molecule has 0 aromatic heterocycles. The van der Waals surface area contributed by atoms with E-state index >= 15 is 0 Å². The quantitative estimate of drug-likeness (QED) is 0.0420. The fourth-order valence-electron chi connectivity index (χ4n) is 7.38. The number of carbonyl (C=O) groups is 1. The molecule has 1 aliphatic carbocycles. The van der Waals surface area contributed by atoms with Crippen LogP contribution in [0.2, 0.25) is 0 Å². The molecule has 0 amide bonds. The van der Waals surface area contributed by atoms with Gasteiger partial charge in [0.2, 0.25) is 0 Å². The van der Waals surface area contributed by atoms with Gasteiger partial charge in [-0.3, -0.25) is 0 Å². The molecule has 6 heteroatoms. The van der Waals surface area contributed by atoms with Crippen molar-refractivity contribution in [1.29, 1.82) is 0 Å². The molecule has 0 unspecified atom stereocenters. The fourth-order valence-corrected chi connectivity index (χ4v) is 7.38. The zero-order valence-corrected chi connectivity index (χ0v) is 35.4. The van der Waals surface area contributed by atoms with Gasteiger partial charge in [-0.25, -0.2) is 4.79 Å². The van der Waals surface area contributed by atoms with Crippen molar-refractivity contribution in [1.82, 2.24) is 0 Å². The van der Waals surface area contributed by atoms with E-state index in [1.165, 1.54) is 5.56 Å². The van der Waals surface area contributed by atoms with Gasteiger partial charge in [-0.1, -0.05) is 127 Å². The summed E-state index contributed by atoms with van der Waals surface area (Å²) in [5, 5.41) is 0. The van der Waals surface area contributed by atoms with Crippen LogP contribution in [0.1, 0.15) is 142 Å². The van der Waals surface area contributed by atoms with E-state index in [1.54, 1.807) is 6.92 Å². The average Bonchev–Trinajstić information content (AvgIpc) is 3.20. The Bertz CT molecular complexity index is 1800. The first-order valence-corrected chi connectivity index (χ1v) is 21.7. The number of esters is 1. The van der Waals surface area contributed by atoms with Crippen LogP contribution >= 0.6 is 0 Å². The standard InChI is InChI=1S/C51H66O6/c1-7-11-26-53-47-39-20-15-21-40(47)34-42-23-17-25-44(49(42)55-28-13-9-3)36-46-32-38(19-18-30-57-51(52)37(5)6)31-45(50(46)56-29-14-10-4)35-43-24-16-22-41(33-39)48(43)54-27-12-8-2/h15-17,20-25,31-32H,5,7-14,18-19,26-30,33-36H2,1-4,6H3. The Hall–Kier alpha value is -4.71. The Balaban J connectivity index is 1.72. The highest BCUT2D eigenvalue weighted by Crippen LogP contribution is 2.40. The molecule has 0 saturated heterocycles. The van der Waals surface area contributed by atoms with Gasteiger partial charge in [0.1, 0.15) is 23.0 Å². The Kier molecular flexibility index (Phi) is 17.4. The summed E-state index contributed by atoms with van der Waals surface area (Å²) in [5.41, 5.74) is 10.8. The predicted molar refractivity (Wildman–Crippen MR) is 233 cm³/mol. The molecule has 0 spiro atoms. The number of fused-ring (bicyclic) bond motifs is 8. The van der Waals surface area contributed by atoms with Crippen molar-refractivity contribution in [3.05, 3.63) is 129 Å². The van der Waals surface area contributed by atoms with Gasteiger partial charge in [-0.05, 0) is 95.5 Å². The van der Waals surface area contributed by atoms with E-state index in [0.29, 0.717) is 70.7 Å². The SMILES string of the molecule is C=C(C)C(=O)OCCCc1cc2c(OCCCC)c(c1)Cc1cccc(c1OCCCC)Cc1cccc(c1OCCCC)Cc1cccc(c1OCCCC)C2. The first-order chi connectivity index (χ1) is 27.9. The van der Waals surface area contributed by atoms with E-state index in [2.05, 4.69) is 101 Å². The van der Waals surface area contributed by atoms with Gasteiger partial charge in [0.05, 0.1) is 33.0 Å². The lowest BCUT2D eigenvalue weighted by atomic mass is 9.90. The van der Waals surface area contributed by atoms with Crippen LogP contribution in [0.3, 0.4) is 0 Å². The molecule has 1 aliphatic rings. The van der Waals surface area contributed by atoms with Crippen LogP contribution in [0.4, 0.5) is 0 Å². The number of para-hydroxylation sites is 3. The molecule has 0 heterocycles. The summed E-state index contributed by atoms with van der Waals surface area (Å²) in [6.07, 6.45) is 12.3. The molecule has 0 fully saturated rings. The predicted octanol–water partition coefficient (Wildman–Crippen LogP) is 12.1. The number of carbonyl (C=O) groups excluding carboxylic acids is 1. The van der Waals surface area contributed by atoms with Crippen LogP contribution in [0.15, 0.2) is 78.9 Å². The molecular weight excluding hydrogens is 709 g/mol. The molecule has 0 saturated carbocycles. The van der Waals surface area contributed by atoms with E-state index in [9.17, 15) is 4.79 Å². The molecular formula is C51H66O6. The molecule has 4 aromatic carbocycles. The molecule has 5 rings (SSSR count). The van der Waals surface area contributed by atoms with Crippen molar-refractivity contribution >= 4 is 5.97 Å². The lowest BCUT2D eigenvalue weighted by Gasteiger charge is -2.23. The Morgan fingerprint density at radius 3 is 1.12 bits per heavy atom. The maximum atomic E-state index is 12.2. The fraction of sp³-hybridized carbons (Fsp3) is 0.471. The number of rotatable bonds is 21. The lowest BCUT2D eigenvalue weighted by molar-refractivity contribution is -0.139. The van der Waals surface area contributed by atoms with Crippen molar-refractivity contribution < 1.29 is 28.5 Å². The summed E-state index contributed by atoms with van der Waals surface area (Å²) < 4.78 is 32.6. The molecule has 0 N–H and O–H groups in total. The monoisotopic (exact) mass is 774 g/mol. The van der Waals surface area contributed by atoms with Crippen LogP contribution in [0.5, 0.6) is 23.0 Å². The van der Waals surface area contributed by atoms with Crippen molar-refractivity contribution in [2.75, 3.05) is 33.0 Å². The number of hydrogen-bond donors (Lipinski definition) is 0. The summed E-state index contributed by atoms with van der Waals surface area (Å²) in [4.78, 5) is 12.2. The Morgan fingerprint density at radius 1 is 0.491 bits per heavy atom. The second-order valence-corrected chi connectivity index (χ2v) is 15.5. The van der Waals surface area contributed by atoms with E-state index in [4.69, 9.17) is 23.7 Å². The summed E-state index contributed by atoms with van der Waals surface area (Å²) in [7, 11) is 0. The summed E-state index contributed by atoms with van der Waals surface area (Å²) >= 11 is 0. The Morgan fingerprint density at radius 2 is 0.807 bits per heavy atom. The second-order valence-electron chi connectivity index (χ2n) is 15.5. The van der Waals surface area contributed by atoms with Gasteiger partial charge >= 0.3 is 5.97 Å². The molecule has 0 atom stereocenters. The molecule has 306 valence electrons. The number of hydrogen-bond acceptors (Lipinski definition) is 6. The number of aryl methyl sites for hydroxylation is 1. The maximum absolute atomic E-state index is 12.2.